The fraction of sp³-hybridized carbons (Fsp3) is 0.208. The Bertz CT molecular complexity index is 881. The Balaban J connectivity index is 0.000000178. The number of hydrogen-bond donors (Lipinski definition) is 3. The molecule has 0 radical (unpaired) electrons. The Morgan fingerprint density at radius 2 is 1.54 bits per heavy atom. The normalized spacial score (nSPS) is 15.8. The van der Waals surface area contributed by atoms with Crippen LogP contribution in [-0.2, 0) is 17.8 Å². The molecular formula is C24H25NO3. The van der Waals surface area contributed by atoms with Crippen LogP contribution >= 0.6 is 0 Å². The summed E-state index contributed by atoms with van der Waals surface area (Å²) in [6.07, 6.45) is 1.03. The molecule has 3 aromatic rings. The van der Waals surface area contributed by atoms with E-state index in [9.17, 15) is 4.79 Å². The predicted molar refractivity (Wildman–Crippen MR) is 110 cm³/mol. The summed E-state index contributed by atoms with van der Waals surface area (Å²) < 4.78 is 0. The van der Waals surface area contributed by atoms with Crippen molar-refractivity contribution >= 4 is 5.97 Å². The Labute approximate surface area is 165 Å². The quantitative estimate of drug-likeness (QED) is 0.623. The number of rotatable bonds is 5. The van der Waals surface area contributed by atoms with Crippen molar-refractivity contribution in [2.45, 2.75) is 31.5 Å². The maximum absolute atomic E-state index is 10.2. The van der Waals surface area contributed by atoms with Gasteiger partial charge >= 0.3 is 5.97 Å². The largest absolute Gasteiger partial charge is 0.479 e. The first-order chi connectivity index (χ1) is 13.6. The lowest BCUT2D eigenvalue weighted by atomic mass is 10.1. The van der Waals surface area contributed by atoms with Crippen LogP contribution in [0.1, 0.15) is 40.8 Å². The van der Waals surface area contributed by atoms with Gasteiger partial charge < -0.3 is 15.5 Å². The van der Waals surface area contributed by atoms with Crippen LogP contribution in [0.25, 0.3) is 0 Å². The van der Waals surface area contributed by atoms with Crippen molar-refractivity contribution in [2.75, 3.05) is 0 Å². The summed E-state index contributed by atoms with van der Waals surface area (Å²) in [5, 5.41) is 21.0. The molecule has 1 unspecified atom stereocenters. The van der Waals surface area contributed by atoms with Gasteiger partial charge in [0.05, 0.1) is 0 Å². The molecule has 0 aliphatic heterocycles. The highest BCUT2D eigenvalue weighted by Crippen LogP contribution is 2.30. The molecule has 4 nitrogen and oxygen atoms in total. The number of carboxylic acids is 1. The number of carboxylic acid groups (broad SMARTS) is 1. The number of nitrogens with one attached hydrogen (secondary N) is 1. The minimum Gasteiger partial charge on any atom is -0.479 e. The number of aliphatic hydroxyl groups excluding tert-OH is 1. The van der Waals surface area contributed by atoms with E-state index in [-0.39, 0.29) is 0 Å². The zero-order valence-corrected chi connectivity index (χ0v) is 15.7. The van der Waals surface area contributed by atoms with Crippen LogP contribution in [0.5, 0.6) is 0 Å². The molecule has 0 saturated carbocycles. The fourth-order valence-corrected chi connectivity index (χ4v) is 3.38. The minimum absolute atomic E-state index is 0.403. The minimum atomic E-state index is -1.41. The molecule has 0 fully saturated rings. The maximum Gasteiger partial charge on any atom is 0.337 e. The van der Waals surface area contributed by atoms with Gasteiger partial charge in [-0.15, -0.1) is 0 Å². The monoisotopic (exact) mass is 375 g/mol. The summed E-state index contributed by atoms with van der Waals surface area (Å²) in [5.41, 5.74) is 4.76. The first kappa shape index (κ1) is 19.8. The van der Waals surface area contributed by atoms with E-state index in [1.165, 1.54) is 29.5 Å². The lowest BCUT2D eigenvalue weighted by Gasteiger charge is -2.13. The van der Waals surface area contributed by atoms with Gasteiger partial charge in [-0.1, -0.05) is 84.9 Å². The average Bonchev–Trinajstić information content (AvgIpc) is 3.17. The molecular weight excluding hydrogens is 350 g/mol. The van der Waals surface area contributed by atoms with E-state index in [1.807, 2.05) is 0 Å². The molecule has 2 atom stereocenters. The molecule has 0 amide bonds. The zero-order chi connectivity index (χ0) is 19.8. The highest BCUT2D eigenvalue weighted by atomic mass is 16.4. The van der Waals surface area contributed by atoms with Gasteiger partial charge in [-0.05, 0) is 35.1 Å². The number of fused-ring (bicyclic) bond motifs is 1. The van der Waals surface area contributed by atoms with Crippen molar-refractivity contribution in [3.63, 3.8) is 0 Å². The maximum atomic E-state index is 10.2. The van der Waals surface area contributed by atoms with Gasteiger partial charge in [-0.2, -0.15) is 0 Å². The lowest BCUT2D eigenvalue weighted by molar-refractivity contribution is -0.146. The van der Waals surface area contributed by atoms with Gasteiger partial charge in [0.1, 0.15) is 0 Å². The smallest absolute Gasteiger partial charge is 0.337 e. The number of carbonyl (C=O) groups is 1. The number of aliphatic hydroxyl groups is 1. The molecule has 144 valence electrons. The van der Waals surface area contributed by atoms with E-state index in [4.69, 9.17) is 10.2 Å². The molecule has 3 N–H and O–H groups in total. The van der Waals surface area contributed by atoms with Gasteiger partial charge in [0, 0.05) is 12.6 Å². The summed E-state index contributed by atoms with van der Waals surface area (Å²) in [6, 6.07) is 28.2. The van der Waals surface area contributed by atoms with Gasteiger partial charge in [-0.25, -0.2) is 4.79 Å². The first-order valence-corrected chi connectivity index (χ1v) is 9.46. The van der Waals surface area contributed by atoms with E-state index in [0.717, 1.165) is 6.54 Å². The Morgan fingerprint density at radius 1 is 0.929 bits per heavy atom. The fourth-order valence-electron chi connectivity index (χ4n) is 3.38. The molecule has 0 saturated heterocycles. The summed E-state index contributed by atoms with van der Waals surface area (Å²) in [5.74, 6) is -1.23. The molecule has 28 heavy (non-hydrogen) atoms. The van der Waals surface area contributed by atoms with Crippen molar-refractivity contribution in [2.24, 2.45) is 0 Å². The average molecular weight is 375 g/mol. The Morgan fingerprint density at radius 3 is 2.21 bits per heavy atom. The lowest BCUT2D eigenvalue weighted by Crippen LogP contribution is -2.18. The molecule has 4 heteroatoms. The van der Waals surface area contributed by atoms with Crippen LogP contribution in [0.2, 0.25) is 0 Å². The third-order valence-electron chi connectivity index (χ3n) is 4.88. The third-order valence-corrected chi connectivity index (χ3v) is 4.88. The van der Waals surface area contributed by atoms with E-state index in [1.54, 1.807) is 30.3 Å². The zero-order valence-electron chi connectivity index (χ0n) is 15.7. The topological polar surface area (TPSA) is 69.6 Å². The Kier molecular flexibility index (Phi) is 6.95. The van der Waals surface area contributed by atoms with Crippen LogP contribution < -0.4 is 5.32 Å². The predicted octanol–water partition coefficient (Wildman–Crippen LogP) is 4.27. The van der Waals surface area contributed by atoms with Crippen molar-refractivity contribution in [3.05, 3.63) is 107 Å². The highest BCUT2D eigenvalue weighted by Gasteiger charge is 2.20. The van der Waals surface area contributed by atoms with E-state index in [2.05, 4.69) is 59.9 Å². The van der Waals surface area contributed by atoms with Crippen LogP contribution in [0, 0.1) is 0 Å². The number of aliphatic carboxylic acids is 1. The molecule has 1 aliphatic rings. The van der Waals surface area contributed by atoms with Crippen LogP contribution in [-0.4, -0.2) is 16.2 Å². The van der Waals surface area contributed by atoms with Gasteiger partial charge in [0.15, 0.2) is 6.10 Å². The standard InChI is InChI=1S/C16H17N.C8H8O3/c1-2-6-13(7-3-1)12-17-16-11-10-14-8-4-5-9-15(14)16;9-7(8(10)11)6-4-2-1-3-5-6/h1-9,16-17H,10-12H2;1-5,7,9H,(H,10,11)/t;7-/m.0/s1. The van der Waals surface area contributed by atoms with Crippen molar-refractivity contribution in [1.29, 1.82) is 0 Å². The molecule has 4 rings (SSSR count). The number of aryl methyl sites for hydroxylation is 1. The molecule has 0 heterocycles. The molecule has 0 bridgehead atoms. The highest BCUT2D eigenvalue weighted by molar-refractivity contribution is 5.73. The molecule has 0 spiro atoms. The molecule has 0 aromatic heterocycles. The van der Waals surface area contributed by atoms with E-state index < -0.39 is 12.1 Å². The van der Waals surface area contributed by atoms with Gasteiger partial charge in [0.2, 0.25) is 0 Å². The van der Waals surface area contributed by atoms with E-state index in [0.29, 0.717) is 11.6 Å². The van der Waals surface area contributed by atoms with Crippen molar-refractivity contribution in [3.8, 4) is 0 Å². The van der Waals surface area contributed by atoms with Crippen molar-refractivity contribution < 1.29 is 15.0 Å². The third kappa shape index (κ3) is 5.28. The number of hydrogen-bond acceptors (Lipinski definition) is 3. The van der Waals surface area contributed by atoms with Crippen LogP contribution in [0.4, 0.5) is 0 Å². The van der Waals surface area contributed by atoms with E-state index >= 15 is 0 Å². The summed E-state index contributed by atoms with van der Waals surface area (Å²) in [4.78, 5) is 10.2. The SMILES string of the molecule is O=C(O)[C@@H](O)c1ccccc1.c1ccc(CNC2CCc3ccccc32)cc1. The molecule has 3 aromatic carbocycles. The summed E-state index contributed by atoms with van der Waals surface area (Å²) in [6.45, 7) is 0.958. The summed E-state index contributed by atoms with van der Waals surface area (Å²) >= 11 is 0. The number of benzene rings is 3. The summed E-state index contributed by atoms with van der Waals surface area (Å²) in [7, 11) is 0. The second-order valence-corrected chi connectivity index (χ2v) is 6.81. The van der Waals surface area contributed by atoms with Crippen LogP contribution in [0.15, 0.2) is 84.9 Å². The Hall–Kier alpha value is -2.95. The second-order valence-electron chi connectivity index (χ2n) is 6.81. The van der Waals surface area contributed by atoms with Gasteiger partial charge in [-0.3, -0.25) is 0 Å². The van der Waals surface area contributed by atoms with Crippen molar-refractivity contribution in [1.82, 2.24) is 5.32 Å². The first-order valence-electron chi connectivity index (χ1n) is 9.46. The van der Waals surface area contributed by atoms with Crippen LogP contribution in [0.3, 0.4) is 0 Å². The van der Waals surface area contributed by atoms with Gasteiger partial charge in [0.25, 0.3) is 0 Å². The molecule has 1 aliphatic carbocycles. The second kappa shape index (κ2) is 9.83.